The summed E-state index contributed by atoms with van der Waals surface area (Å²) >= 11 is 0. The van der Waals surface area contributed by atoms with E-state index in [1.807, 2.05) is 6.07 Å². The minimum Gasteiger partial charge on any atom is -0.393 e. The number of aliphatic hydroxyl groups is 1. The van der Waals surface area contributed by atoms with Gasteiger partial charge in [0.2, 0.25) is 0 Å². The summed E-state index contributed by atoms with van der Waals surface area (Å²) in [5.41, 5.74) is 1.21. The van der Waals surface area contributed by atoms with Gasteiger partial charge in [0.25, 0.3) is 0 Å². The Labute approximate surface area is 169 Å². The number of para-hydroxylation sites is 1. The molecule has 1 aromatic rings. The van der Waals surface area contributed by atoms with Crippen molar-refractivity contribution in [1.82, 2.24) is 10.6 Å². The van der Waals surface area contributed by atoms with Gasteiger partial charge in [-0.15, -0.1) is 24.0 Å². The van der Waals surface area contributed by atoms with E-state index in [1.165, 1.54) is 5.69 Å². The molecule has 0 amide bonds. The van der Waals surface area contributed by atoms with Crippen molar-refractivity contribution in [3.05, 3.63) is 30.3 Å². The number of nitrogens with one attached hydrogen (secondary N) is 2. The van der Waals surface area contributed by atoms with Crippen LogP contribution >= 0.6 is 24.0 Å². The van der Waals surface area contributed by atoms with Gasteiger partial charge in [-0.2, -0.15) is 0 Å². The smallest absolute Gasteiger partial charge is 0.191 e. The number of aliphatic hydroxyl groups excluding tert-OH is 1. The maximum atomic E-state index is 9.63. The third-order valence-electron chi connectivity index (χ3n) is 4.72. The summed E-state index contributed by atoms with van der Waals surface area (Å²) in [7, 11) is 2.11. The fourth-order valence-electron chi connectivity index (χ4n) is 3.00. The van der Waals surface area contributed by atoms with Crippen LogP contribution in [-0.2, 0) is 0 Å². The van der Waals surface area contributed by atoms with Gasteiger partial charge >= 0.3 is 0 Å². The van der Waals surface area contributed by atoms with Gasteiger partial charge in [0.05, 0.1) is 12.6 Å². The van der Waals surface area contributed by atoms with Crippen LogP contribution in [0.15, 0.2) is 35.3 Å². The molecule has 1 aromatic carbocycles. The Morgan fingerprint density at radius 2 is 1.88 bits per heavy atom. The van der Waals surface area contributed by atoms with Crippen LogP contribution in [0, 0.1) is 0 Å². The molecule has 0 radical (unpaired) electrons. The Balaban J connectivity index is 0.00000312. The Bertz CT molecular complexity index is 503. The number of nitrogens with zero attached hydrogens (tertiary/aromatic N) is 2. The largest absolute Gasteiger partial charge is 0.393 e. The van der Waals surface area contributed by atoms with Gasteiger partial charge in [-0.3, -0.25) is 4.99 Å². The quantitative estimate of drug-likeness (QED) is 0.347. The summed E-state index contributed by atoms with van der Waals surface area (Å²) in [6, 6.07) is 11.1. The molecule has 0 saturated heterocycles. The summed E-state index contributed by atoms with van der Waals surface area (Å²) in [5, 5.41) is 16.5. The molecule has 6 heteroatoms. The van der Waals surface area contributed by atoms with Crippen molar-refractivity contribution in [3.8, 4) is 0 Å². The molecule has 0 aromatic heterocycles. The molecule has 25 heavy (non-hydrogen) atoms. The zero-order chi connectivity index (χ0) is 17.4. The van der Waals surface area contributed by atoms with E-state index in [1.54, 1.807) is 0 Å². The number of hydrogen-bond acceptors (Lipinski definition) is 3. The van der Waals surface area contributed by atoms with Gasteiger partial charge in [-0.05, 0) is 51.7 Å². The summed E-state index contributed by atoms with van der Waals surface area (Å²) in [6.07, 6.45) is 3.65. The molecule has 1 aliphatic carbocycles. The van der Waals surface area contributed by atoms with Crippen LogP contribution in [0.2, 0.25) is 0 Å². The van der Waals surface area contributed by atoms with Crippen molar-refractivity contribution < 1.29 is 5.11 Å². The third kappa shape index (κ3) is 7.40. The predicted molar refractivity (Wildman–Crippen MR) is 117 cm³/mol. The lowest BCUT2D eigenvalue weighted by molar-refractivity contribution is 0.120. The Morgan fingerprint density at radius 3 is 2.48 bits per heavy atom. The molecule has 1 atom stereocenters. The summed E-state index contributed by atoms with van der Waals surface area (Å²) in [5.74, 6) is 0.882. The monoisotopic (exact) mass is 460 g/mol. The lowest BCUT2D eigenvalue weighted by Gasteiger charge is -2.29. The minimum absolute atomic E-state index is 0. The van der Waals surface area contributed by atoms with E-state index in [-0.39, 0.29) is 30.1 Å². The number of benzene rings is 1. The minimum atomic E-state index is -0.123. The topological polar surface area (TPSA) is 59.9 Å². The van der Waals surface area contributed by atoms with E-state index in [9.17, 15) is 5.11 Å². The van der Waals surface area contributed by atoms with Gasteiger partial charge < -0.3 is 20.6 Å². The number of halogens is 1. The van der Waals surface area contributed by atoms with Crippen molar-refractivity contribution in [3.63, 3.8) is 0 Å². The van der Waals surface area contributed by atoms with Crippen molar-refractivity contribution in [2.45, 2.75) is 57.7 Å². The van der Waals surface area contributed by atoms with Crippen molar-refractivity contribution in [2.75, 3.05) is 25.0 Å². The second-order valence-electron chi connectivity index (χ2n) is 6.66. The van der Waals surface area contributed by atoms with E-state index < -0.39 is 0 Å². The first-order valence-corrected chi connectivity index (χ1v) is 9.11. The highest BCUT2D eigenvalue weighted by Gasteiger charge is 2.20. The van der Waals surface area contributed by atoms with Crippen LogP contribution in [0.1, 0.15) is 39.5 Å². The van der Waals surface area contributed by atoms with Gasteiger partial charge in [0, 0.05) is 31.4 Å². The van der Waals surface area contributed by atoms with E-state index in [0.717, 1.165) is 44.7 Å². The lowest BCUT2D eigenvalue weighted by atomic mass is 9.93. The number of anilines is 1. The number of guanidine groups is 1. The molecular formula is C19H33IN4O. The maximum Gasteiger partial charge on any atom is 0.191 e. The van der Waals surface area contributed by atoms with Crippen LogP contribution in [-0.4, -0.2) is 49.4 Å². The fraction of sp³-hybridized carbons (Fsp3) is 0.632. The molecule has 0 spiro atoms. The van der Waals surface area contributed by atoms with Crippen LogP contribution in [0.25, 0.3) is 0 Å². The van der Waals surface area contributed by atoms with Crippen molar-refractivity contribution in [2.24, 2.45) is 4.99 Å². The normalized spacial score (nSPS) is 21.8. The lowest BCUT2D eigenvalue weighted by Crippen LogP contribution is -2.46. The first-order valence-electron chi connectivity index (χ1n) is 9.11. The zero-order valence-electron chi connectivity index (χ0n) is 15.6. The molecule has 1 unspecified atom stereocenters. The Morgan fingerprint density at radius 1 is 1.24 bits per heavy atom. The number of aliphatic imine (C=N–C) groups is 1. The highest BCUT2D eigenvalue weighted by molar-refractivity contribution is 14.0. The predicted octanol–water partition coefficient (Wildman–Crippen LogP) is 2.99. The molecule has 2 rings (SSSR count). The van der Waals surface area contributed by atoms with E-state index in [2.05, 4.69) is 60.7 Å². The standard InChI is InChI=1S/C19H32N4O.HI/c1-4-20-19(22-16-10-12-18(24)13-11-16)21-14-15(2)23(3)17-8-6-5-7-9-17;/h5-9,15-16,18,24H,4,10-14H2,1-3H3,(H2,20,21,22);1H. The van der Waals surface area contributed by atoms with E-state index in [0.29, 0.717) is 12.1 Å². The SMILES string of the molecule is CCNC(=NCC(C)N(C)c1ccccc1)NC1CCC(O)CC1.I. The fourth-order valence-corrected chi connectivity index (χ4v) is 3.00. The Kier molecular flexibility index (Phi) is 10.2. The average molecular weight is 460 g/mol. The van der Waals surface area contributed by atoms with Gasteiger partial charge in [-0.1, -0.05) is 18.2 Å². The first-order chi connectivity index (χ1) is 11.6. The molecule has 5 nitrogen and oxygen atoms in total. The maximum absolute atomic E-state index is 9.63. The average Bonchev–Trinajstić information content (AvgIpc) is 2.61. The highest BCUT2D eigenvalue weighted by atomic mass is 127. The molecule has 1 aliphatic rings. The summed E-state index contributed by atoms with van der Waals surface area (Å²) < 4.78 is 0. The molecule has 3 N–H and O–H groups in total. The number of hydrogen-bond donors (Lipinski definition) is 3. The Hall–Kier alpha value is -1.02. The summed E-state index contributed by atoms with van der Waals surface area (Å²) in [6.45, 7) is 5.86. The van der Waals surface area contributed by atoms with E-state index >= 15 is 0 Å². The molecule has 142 valence electrons. The van der Waals surface area contributed by atoms with Crippen molar-refractivity contribution in [1.29, 1.82) is 0 Å². The molecule has 1 saturated carbocycles. The van der Waals surface area contributed by atoms with Gasteiger partial charge in [0.1, 0.15) is 0 Å². The van der Waals surface area contributed by atoms with E-state index in [4.69, 9.17) is 4.99 Å². The van der Waals surface area contributed by atoms with Gasteiger partial charge in [0.15, 0.2) is 5.96 Å². The zero-order valence-corrected chi connectivity index (χ0v) is 17.9. The molecule has 1 fully saturated rings. The molecule has 0 bridgehead atoms. The molecular weight excluding hydrogens is 427 g/mol. The van der Waals surface area contributed by atoms with Crippen LogP contribution < -0.4 is 15.5 Å². The van der Waals surface area contributed by atoms with Crippen molar-refractivity contribution >= 4 is 35.6 Å². The van der Waals surface area contributed by atoms with Crippen LogP contribution in [0.4, 0.5) is 5.69 Å². The number of rotatable bonds is 6. The van der Waals surface area contributed by atoms with Crippen LogP contribution in [0.3, 0.4) is 0 Å². The third-order valence-corrected chi connectivity index (χ3v) is 4.72. The second kappa shape index (κ2) is 11.6. The number of likely N-dealkylation sites (N-methyl/N-ethyl adjacent to an activating group) is 1. The molecule has 0 aliphatic heterocycles. The van der Waals surface area contributed by atoms with Gasteiger partial charge in [-0.25, -0.2) is 0 Å². The first kappa shape index (κ1) is 22.0. The highest BCUT2D eigenvalue weighted by Crippen LogP contribution is 2.18. The second-order valence-corrected chi connectivity index (χ2v) is 6.66. The summed E-state index contributed by atoms with van der Waals surface area (Å²) in [4.78, 5) is 7.02. The van der Waals surface area contributed by atoms with Crippen LogP contribution in [0.5, 0.6) is 0 Å². The molecule has 0 heterocycles.